The van der Waals surface area contributed by atoms with Crippen molar-refractivity contribution < 1.29 is 9.53 Å². The number of rotatable bonds is 2. The highest BCUT2D eigenvalue weighted by molar-refractivity contribution is 5.82. The van der Waals surface area contributed by atoms with E-state index in [0.717, 1.165) is 11.8 Å². The third-order valence-electron chi connectivity index (χ3n) is 5.36. The lowest BCUT2D eigenvalue weighted by molar-refractivity contribution is -0.167. The number of carbonyl (C=O) groups excluding carboxylic acids is 1. The zero-order chi connectivity index (χ0) is 11.3. The predicted octanol–water partition coefficient (Wildman–Crippen LogP) is 1.57. The van der Waals surface area contributed by atoms with Crippen molar-refractivity contribution in [1.29, 1.82) is 0 Å². The van der Waals surface area contributed by atoms with Crippen LogP contribution in [-0.4, -0.2) is 25.7 Å². The molecule has 1 N–H and O–H groups in total. The van der Waals surface area contributed by atoms with E-state index in [4.69, 9.17) is 4.74 Å². The van der Waals surface area contributed by atoms with Gasteiger partial charge in [-0.3, -0.25) is 4.79 Å². The maximum Gasteiger partial charge on any atom is 0.326 e. The molecule has 90 valence electrons. The van der Waals surface area contributed by atoms with Gasteiger partial charge in [-0.2, -0.15) is 0 Å². The molecule has 4 aliphatic rings. The molecule has 0 heterocycles. The van der Waals surface area contributed by atoms with Gasteiger partial charge in [0.25, 0.3) is 0 Å². The van der Waals surface area contributed by atoms with E-state index in [-0.39, 0.29) is 11.5 Å². The Morgan fingerprint density at radius 2 is 1.62 bits per heavy atom. The van der Waals surface area contributed by atoms with Gasteiger partial charge in [-0.15, -0.1) is 0 Å². The lowest BCUT2D eigenvalue weighted by Crippen LogP contribution is -2.68. The Labute approximate surface area is 96.9 Å². The molecule has 0 aromatic carbocycles. The summed E-state index contributed by atoms with van der Waals surface area (Å²) < 4.78 is 5.07. The van der Waals surface area contributed by atoms with Gasteiger partial charge in [-0.25, -0.2) is 0 Å². The van der Waals surface area contributed by atoms with E-state index in [2.05, 4.69) is 5.32 Å². The zero-order valence-corrected chi connectivity index (χ0v) is 10.2. The van der Waals surface area contributed by atoms with E-state index < -0.39 is 0 Å². The van der Waals surface area contributed by atoms with Crippen LogP contribution in [0.2, 0.25) is 0 Å². The van der Waals surface area contributed by atoms with Gasteiger partial charge in [0.05, 0.1) is 7.11 Å². The molecule has 0 amide bonds. The number of methoxy groups -OCH3 is 1. The van der Waals surface area contributed by atoms with Gasteiger partial charge in [-0.1, -0.05) is 0 Å². The Bertz CT molecular complexity index is 285. The fraction of sp³-hybridized carbons (Fsp3) is 0.923. The van der Waals surface area contributed by atoms with Crippen LogP contribution in [0.3, 0.4) is 0 Å². The van der Waals surface area contributed by atoms with Crippen molar-refractivity contribution in [1.82, 2.24) is 5.32 Å². The maximum absolute atomic E-state index is 12.2. The summed E-state index contributed by atoms with van der Waals surface area (Å²) in [6.07, 6.45) is 6.31. The van der Waals surface area contributed by atoms with Gasteiger partial charge in [0.15, 0.2) is 0 Å². The standard InChI is InChI=1S/C13H21NO2/c1-14-13(12(15)16-2)10-4-8-3-9(6-10)7-11(13)5-8/h8-11,14H,3-7H2,1-2H3. The first-order valence-corrected chi connectivity index (χ1v) is 6.48. The summed E-state index contributed by atoms with van der Waals surface area (Å²) in [6.45, 7) is 0. The highest BCUT2D eigenvalue weighted by Gasteiger charge is 2.60. The van der Waals surface area contributed by atoms with Crippen LogP contribution in [0.1, 0.15) is 32.1 Å². The summed E-state index contributed by atoms with van der Waals surface area (Å²) in [5, 5.41) is 3.34. The monoisotopic (exact) mass is 223 g/mol. The van der Waals surface area contributed by atoms with E-state index >= 15 is 0 Å². The fourth-order valence-electron chi connectivity index (χ4n) is 4.94. The molecule has 0 radical (unpaired) electrons. The SMILES string of the molecule is CNC1(C(=O)OC)C2CC3CC(C2)CC1C3. The highest BCUT2D eigenvalue weighted by atomic mass is 16.5. The summed E-state index contributed by atoms with van der Waals surface area (Å²) >= 11 is 0. The third kappa shape index (κ3) is 1.15. The lowest BCUT2D eigenvalue weighted by atomic mass is 9.48. The van der Waals surface area contributed by atoms with Crippen molar-refractivity contribution >= 4 is 5.97 Å². The quantitative estimate of drug-likeness (QED) is 0.722. The largest absolute Gasteiger partial charge is 0.468 e. The van der Waals surface area contributed by atoms with Gasteiger partial charge in [0.1, 0.15) is 5.54 Å². The average Bonchev–Trinajstić information content (AvgIpc) is 2.28. The van der Waals surface area contributed by atoms with Gasteiger partial charge in [-0.05, 0) is 62.8 Å². The van der Waals surface area contributed by atoms with E-state index in [9.17, 15) is 4.79 Å². The van der Waals surface area contributed by atoms with Crippen molar-refractivity contribution in [3.8, 4) is 0 Å². The smallest absolute Gasteiger partial charge is 0.326 e. The minimum atomic E-state index is -0.359. The Hall–Kier alpha value is -0.570. The average molecular weight is 223 g/mol. The molecule has 0 unspecified atom stereocenters. The van der Waals surface area contributed by atoms with E-state index in [1.165, 1.54) is 39.2 Å². The van der Waals surface area contributed by atoms with E-state index in [1.54, 1.807) is 0 Å². The van der Waals surface area contributed by atoms with Crippen LogP contribution < -0.4 is 5.32 Å². The lowest BCUT2D eigenvalue weighted by Gasteiger charge is -2.59. The first-order valence-electron chi connectivity index (χ1n) is 6.48. The summed E-state index contributed by atoms with van der Waals surface area (Å²) in [7, 11) is 3.45. The van der Waals surface area contributed by atoms with Crippen LogP contribution in [0.5, 0.6) is 0 Å². The molecule has 0 aliphatic heterocycles. The van der Waals surface area contributed by atoms with Gasteiger partial charge >= 0.3 is 5.97 Å². The topological polar surface area (TPSA) is 38.3 Å². The van der Waals surface area contributed by atoms with Crippen LogP contribution in [-0.2, 0) is 9.53 Å². The van der Waals surface area contributed by atoms with Crippen LogP contribution in [0.25, 0.3) is 0 Å². The van der Waals surface area contributed by atoms with Gasteiger partial charge < -0.3 is 10.1 Å². The molecule has 0 saturated heterocycles. The minimum Gasteiger partial charge on any atom is -0.468 e. The van der Waals surface area contributed by atoms with Gasteiger partial charge in [0.2, 0.25) is 0 Å². The van der Waals surface area contributed by atoms with Crippen LogP contribution in [0, 0.1) is 23.7 Å². The molecular formula is C13H21NO2. The normalized spacial score (nSPS) is 49.4. The van der Waals surface area contributed by atoms with Crippen LogP contribution in [0.15, 0.2) is 0 Å². The highest BCUT2D eigenvalue weighted by Crippen LogP contribution is 2.58. The first-order chi connectivity index (χ1) is 7.70. The second-order valence-electron chi connectivity index (χ2n) is 5.92. The molecule has 16 heavy (non-hydrogen) atoms. The number of esters is 1. The second-order valence-corrected chi connectivity index (χ2v) is 5.92. The molecule has 0 spiro atoms. The number of likely N-dealkylation sites (N-methyl/N-ethyl adjacent to an activating group) is 1. The molecule has 3 nitrogen and oxygen atoms in total. The summed E-state index contributed by atoms with van der Waals surface area (Å²) in [5.74, 6) is 2.77. The van der Waals surface area contributed by atoms with E-state index in [0.29, 0.717) is 11.8 Å². The predicted molar refractivity (Wildman–Crippen MR) is 60.9 cm³/mol. The van der Waals surface area contributed by atoms with Crippen molar-refractivity contribution in [2.75, 3.05) is 14.2 Å². The van der Waals surface area contributed by atoms with Gasteiger partial charge in [0, 0.05) is 0 Å². The maximum atomic E-state index is 12.2. The molecule has 4 saturated carbocycles. The number of carbonyl (C=O) groups is 1. The number of hydrogen-bond donors (Lipinski definition) is 1. The molecule has 4 fully saturated rings. The second kappa shape index (κ2) is 3.46. The Morgan fingerprint density at radius 1 is 1.12 bits per heavy atom. The van der Waals surface area contributed by atoms with E-state index in [1.807, 2.05) is 7.05 Å². The molecule has 0 aromatic heterocycles. The summed E-state index contributed by atoms with van der Waals surface area (Å²) in [6, 6.07) is 0. The van der Waals surface area contributed by atoms with Crippen molar-refractivity contribution in [3.05, 3.63) is 0 Å². The zero-order valence-electron chi connectivity index (χ0n) is 10.2. The molecule has 0 atom stereocenters. The molecular weight excluding hydrogens is 202 g/mol. The molecule has 4 bridgehead atoms. The molecule has 3 heteroatoms. The fourth-order valence-corrected chi connectivity index (χ4v) is 4.94. The first kappa shape index (κ1) is 10.6. The van der Waals surface area contributed by atoms with Crippen molar-refractivity contribution in [2.24, 2.45) is 23.7 Å². The summed E-state index contributed by atoms with van der Waals surface area (Å²) in [5.41, 5.74) is -0.359. The van der Waals surface area contributed by atoms with Crippen molar-refractivity contribution in [2.45, 2.75) is 37.6 Å². The van der Waals surface area contributed by atoms with Crippen molar-refractivity contribution in [3.63, 3.8) is 0 Å². The molecule has 4 rings (SSSR count). The molecule has 4 aliphatic carbocycles. The number of nitrogens with one attached hydrogen (secondary N) is 1. The third-order valence-corrected chi connectivity index (χ3v) is 5.36. The number of ether oxygens (including phenoxy) is 1. The van der Waals surface area contributed by atoms with Crippen LogP contribution in [0.4, 0.5) is 0 Å². The summed E-state index contributed by atoms with van der Waals surface area (Å²) in [4.78, 5) is 12.2. The Morgan fingerprint density at radius 3 is 2.00 bits per heavy atom. The van der Waals surface area contributed by atoms with Crippen LogP contribution >= 0.6 is 0 Å². The Kier molecular flexibility index (Phi) is 2.29. The Balaban J connectivity index is 1.97. The minimum absolute atomic E-state index is 0.0243. The number of hydrogen-bond acceptors (Lipinski definition) is 3. The molecule has 0 aromatic rings.